The molecule has 0 atom stereocenters. The van der Waals surface area contributed by atoms with Crippen LogP contribution in [0.2, 0.25) is 0 Å². The van der Waals surface area contributed by atoms with Crippen LogP contribution in [-0.2, 0) is 22.6 Å². The van der Waals surface area contributed by atoms with Crippen LogP contribution in [-0.4, -0.2) is 32.0 Å². The van der Waals surface area contributed by atoms with E-state index in [-0.39, 0.29) is 6.07 Å². The number of halogens is 6. The average molecular weight is 524 g/mol. The second-order valence-electron chi connectivity index (χ2n) is 9.55. The lowest BCUT2D eigenvalue weighted by molar-refractivity contribution is -0.143. The lowest BCUT2D eigenvalue weighted by Crippen LogP contribution is -2.42. The molecule has 0 saturated heterocycles. The Morgan fingerprint density at radius 2 is 1.30 bits per heavy atom. The first-order chi connectivity index (χ1) is 16.9. The molecule has 1 amide bonds. The molecule has 0 unspecified atom stereocenters. The van der Waals surface area contributed by atoms with Gasteiger partial charge in [0.25, 0.3) is 0 Å². The molecule has 3 rings (SSSR count). The summed E-state index contributed by atoms with van der Waals surface area (Å²) in [5, 5.41) is 0. The first kappa shape index (κ1) is 28.0. The van der Waals surface area contributed by atoms with Crippen molar-refractivity contribution in [3.8, 4) is 11.1 Å². The molecule has 198 valence electrons. The highest BCUT2D eigenvalue weighted by atomic mass is 19.4. The maximum Gasteiger partial charge on any atom is 0.416 e. The molecule has 0 N–H and O–H groups in total. The van der Waals surface area contributed by atoms with Crippen molar-refractivity contribution in [2.24, 2.45) is 0 Å². The normalized spacial score (nSPS) is 12.4. The Bertz CT molecular complexity index is 1280. The first-order valence-electron chi connectivity index (χ1n) is 11.3. The zero-order chi connectivity index (χ0) is 27.9. The molecule has 1 heterocycles. The number of nitrogens with zero attached hydrogens (tertiary/aromatic N) is 3. The molecule has 0 saturated carbocycles. The maximum absolute atomic E-state index is 13.7. The standard InChI is InChI=1S/C27H27F6N3O/c1-16-9-7-8-10-20(16)21-14-23(35(4)5)34-15-22(21)36(6)24(37)25(2,3)17-11-18(26(28,29)30)13-19(12-17)27(31,32)33/h7-15H,1-6H3. The largest absolute Gasteiger partial charge is 0.416 e. The quantitative estimate of drug-likeness (QED) is 0.335. The van der Waals surface area contributed by atoms with Crippen LogP contribution in [0.1, 0.15) is 36.1 Å². The molecule has 0 aliphatic rings. The van der Waals surface area contributed by atoms with Crippen LogP contribution < -0.4 is 9.80 Å². The zero-order valence-corrected chi connectivity index (χ0v) is 21.2. The van der Waals surface area contributed by atoms with Gasteiger partial charge in [0, 0.05) is 26.7 Å². The molecule has 1 aromatic heterocycles. The van der Waals surface area contributed by atoms with Gasteiger partial charge >= 0.3 is 12.4 Å². The summed E-state index contributed by atoms with van der Waals surface area (Å²) in [5.41, 5.74) is -2.37. The highest BCUT2D eigenvalue weighted by molar-refractivity contribution is 6.03. The Kier molecular flexibility index (Phi) is 7.36. The molecule has 0 bridgehead atoms. The molecule has 0 aliphatic heterocycles. The molecular formula is C27H27F6N3O. The van der Waals surface area contributed by atoms with E-state index >= 15 is 0 Å². The van der Waals surface area contributed by atoms with Crippen molar-refractivity contribution in [1.82, 2.24) is 4.98 Å². The number of hydrogen-bond donors (Lipinski definition) is 0. The Morgan fingerprint density at radius 1 is 0.784 bits per heavy atom. The van der Waals surface area contributed by atoms with Crippen molar-refractivity contribution in [2.75, 3.05) is 30.9 Å². The number of aromatic nitrogens is 1. The van der Waals surface area contributed by atoms with Crippen molar-refractivity contribution >= 4 is 17.4 Å². The molecule has 10 heteroatoms. The molecule has 0 radical (unpaired) electrons. The van der Waals surface area contributed by atoms with Crippen molar-refractivity contribution in [3.05, 3.63) is 77.0 Å². The van der Waals surface area contributed by atoms with Gasteiger partial charge in [0.15, 0.2) is 0 Å². The van der Waals surface area contributed by atoms with Crippen LogP contribution in [0.5, 0.6) is 0 Å². The highest BCUT2D eigenvalue weighted by Gasteiger charge is 2.41. The minimum atomic E-state index is -5.02. The van der Waals surface area contributed by atoms with Crippen molar-refractivity contribution in [2.45, 2.75) is 38.5 Å². The summed E-state index contributed by atoms with van der Waals surface area (Å²) >= 11 is 0. The smallest absolute Gasteiger partial charge is 0.363 e. The van der Waals surface area contributed by atoms with E-state index in [1.807, 2.05) is 31.2 Å². The molecule has 37 heavy (non-hydrogen) atoms. The summed E-state index contributed by atoms with van der Waals surface area (Å²) < 4.78 is 80.7. The second-order valence-corrected chi connectivity index (χ2v) is 9.55. The number of likely N-dealkylation sites (N-methyl/N-ethyl adjacent to an activating group) is 1. The molecule has 0 aliphatic carbocycles. The predicted octanol–water partition coefficient (Wildman–Crippen LogP) is 7.10. The highest BCUT2D eigenvalue weighted by Crippen LogP contribution is 2.41. The van der Waals surface area contributed by atoms with Gasteiger partial charge < -0.3 is 9.80 Å². The summed E-state index contributed by atoms with van der Waals surface area (Å²) in [4.78, 5) is 21.1. The lowest BCUT2D eigenvalue weighted by Gasteiger charge is -2.32. The van der Waals surface area contributed by atoms with Gasteiger partial charge in [-0.05, 0) is 61.7 Å². The maximum atomic E-state index is 13.7. The molecular weight excluding hydrogens is 496 g/mol. The van der Waals surface area contributed by atoms with Crippen molar-refractivity contribution < 1.29 is 31.1 Å². The van der Waals surface area contributed by atoms with Crippen LogP contribution in [0.25, 0.3) is 11.1 Å². The van der Waals surface area contributed by atoms with E-state index in [9.17, 15) is 31.1 Å². The third kappa shape index (κ3) is 5.73. The minimum absolute atomic E-state index is 0.0496. The summed E-state index contributed by atoms with van der Waals surface area (Å²) in [7, 11) is 5.03. The summed E-state index contributed by atoms with van der Waals surface area (Å²) in [5.74, 6) is -0.0935. The van der Waals surface area contributed by atoms with Gasteiger partial charge in [-0.1, -0.05) is 24.3 Å². The van der Waals surface area contributed by atoms with Crippen molar-refractivity contribution in [3.63, 3.8) is 0 Å². The topological polar surface area (TPSA) is 36.4 Å². The van der Waals surface area contributed by atoms with E-state index in [1.165, 1.54) is 32.0 Å². The van der Waals surface area contributed by atoms with Gasteiger partial charge in [-0.3, -0.25) is 4.79 Å². The van der Waals surface area contributed by atoms with Crippen LogP contribution in [0.3, 0.4) is 0 Å². The van der Waals surface area contributed by atoms with Crippen LogP contribution in [0.15, 0.2) is 54.7 Å². The fraction of sp³-hybridized carbons (Fsp3) is 0.333. The van der Waals surface area contributed by atoms with E-state index in [4.69, 9.17) is 0 Å². The number of pyridine rings is 1. The fourth-order valence-corrected chi connectivity index (χ4v) is 4.01. The summed E-state index contributed by atoms with van der Waals surface area (Å²) in [6.45, 7) is 4.50. The number of carbonyl (C=O) groups excluding carboxylic acids is 1. The monoisotopic (exact) mass is 523 g/mol. The van der Waals surface area contributed by atoms with Crippen LogP contribution in [0.4, 0.5) is 37.8 Å². The van der Waals surface area contributed by atoms with Crippen molar-refractivity contribution in [1.29, 1.82) is 0 Å². The Morgan fingerprint density at radius 3 is 1.78 bits per heavy atom. The molecule has 3 aromatic rings. The van der Waals surface area contributed by atoms with Gasteiger partial charge in [0.05, 0.1) is 28.4 Å². The van der Waals surface area contributed by atoms with E-state index in [0.717, 1.165) is 11.1 Å². The fourth-order valence-electron chi connectivity index (χ4n) is 4.01. The number of aryl methyl sites for hydroxylation is 1. The lowest BCUT2D eigenvalue weighted by atomic mass is 9.81. The number of anilines is 2. The number of alkyl halides is 6. The number of benzene rings is 2. The van der Waals surface area contributed by atoms with Gasteiger partial charge in [-0.15, -0.1) is 0 Å². The third-order valence-electron chi connectivity index (χ3n) is 6.27. The first-order valence-corrected chi connectivity index (χ1v) is 11.3. The molecule has 0 spiro atoms. The minimum Gasteiger partial charge on any atom is -0.363 e. The zero-order valence-electron chi connectivity index (χ0n) is 21.2. The number of rotatable bonds is 5. The van der Waals surface area contributed by atoms with E-state index < -0.39 is 40.4 Å². The number of hydrogen-bond acceptors (Lipinski definition) is 3. The molecule has 0 fully saturated rings. The van der Waals surface area contributed by atoms with Crippen LogP contribution in [0, 0.1) is 6.92 Å². The Labute approximate surface area is 211 Å². The number of amides is 1. The Hall–Kier alpha value is -3.56. The molecule has 4 nitrogen and oxygen atoms in total. The van der Waals surface area contributed by atoms with E-state index in [1.54, 1.807) is 25.1 Å². The predicted molar refractivity (Wildman–Crippen MR) is 132 cm³/mol. The summed E-state index contributed by atoms with van der Waals surface area (Å²) in [6.07, 6.45) is -8.58. The van der Waals surface area contributed by atoms with Gasteiger partial charge in [0.2, 0.25) is 5.91 Å². The summed E-state index contributed by atoms with van der Waals surface area (Å²) in [6, 6.07) is 10.5. The molecule has 2 aromatic carbocycles. The van der Waals surface area contributed by atoms with Gasteiger partial charge in [-0.2, -0.15) is 26.3 Å². The van der Waals surface area contributed by atoms with E-state index in [0.29, 0.717) is 29.2 Å². The average Bonchev–Trinajstić information content (AvgIpc) is 2.81. The van der Waals surface area contributed by atoms with Gasteiger partial charge in [0.1, 0.15) is 5.82 Å². The van der Waals surface area contributed by atoms with E-state index in [2.05, 4.69) is 4.98 Å². The second kappa shape index (κ2) is 9.72. The number of carbonyl (C=O) groups is 1. The Balaban J connectivity index is 2.16. The van der Waals surface area contributed by atoms with Crippen LogP contribution >= 0.6 is 0 Å². The third-order valence-corrected chi connectivity index (χ3v) is 6.27. The van der Waals surface area contributed by atoms with Gasteiger partial charge in [-0.25, -0.2) is 4.98 Å². The SMILES string of the molecule is Cc1ccccc1-c1cc(N(C)C)ncc1N(C)C(=O)C(C)(C)c1cc(C(F)(F)F)cc(C(F)(F)F)c1.